The summed E-state index contributed by atoms with van der Waals surface area (Å²) in [6, 6.07) is 0. The van der Waals surface area contributed by atoms with Gasteiger partial charge in [-0.25, -0.2) is 0 Å². The van der Waals surface area contributed by atoms with Gasteiger partial charge in [-0.2, -0.15) is 0 Å². The predicted octanol–water partition coefficient (Wildman–Crippen LogP) is 4.50. The summed E-state index contributed by atoms with van der Waals surface area (Å²) in [6.45, 7) is 0. The maximum atomic E-state index is 2.55. The molecule has 0 saturated heterocycles. The van der Waals surface area contributed by atoms with E-state index < -0.39 is 0 Å². The van der Waals surface area contributed by atoms with Crippen molar-refractivity contribution in [2.24, 2.45) is 29.6 Å². The zero-order chi connectivity index (χ0) is 11.2. The minimum absolute atomic E-state index is 0.764. The summed E-state index contributed by atoms with van der Waals surface area (Å²) in [6.07, 6.45) is 20.8. The van der Waals surface area contributed by atoms with E-state index in [4.69, 9.17) is 0 Å². The van der Waals surface area contributed by atoms with Crippen LogP contribution < -0.4 is 0 Å². The van der Waals surface area contributed by atoms with Crippen LogP contribution in [0.1, 0.15) is 38.5 Å². The molecule has 90 valence electrons. The Hall–Kier alpha value is -0.780. The van der Waals surface area contributed by atoms with E-state index in [0.29, 0.717) is 0 Å². The summed E-state index contributed by atoms with van der Waals surface area (Å²) in [5, 5.41) is 0. The van der Waals surface area contributed by atoms with E-state index in [0.717, 1.165) is 29.6 Å². The van der Waals surface area contributed by atoms with Crippen molar-refractivity contribution in [1.29, 1.82) is 0 Å². The van der Waals surface area contributed by atoms with Crippen LogP contribution in [0.25, 0.3) is 0 Å². The molecule has 0 nitrogen and oxygen atoms in total. The molecule has 0 spiro atoms. The molecule has 4 aliphatic rings. The summed E-state index contributed by atoms with van der Waals surface area (Å²) in [7, 11) is 0. The van der Waals surface area contributed by atoms with Gasteiger partial charge in [-0.3, -0.25) is 0 Å². The van der Waals surface area contributed by atoms with Crippen molar-refractivity contribution < 1.29 is 0 Å². The Morgan fingerprint density at radius 2 is 1.88 bits per heavy atom. The third kappa shape index (κ3) is 1.49. The normalized spacial score (nSPS) is 47.1. The highest BCUT2D eigenvalue weighted by Crippen LogP contribution is 2.54. The highest BCUT2D eigenvalue weighted by Gasteiger charge is 2.45. The molecule has 4 aliphatic carbocycles. The largest absolute Gasteiger partial charge is 0.0804 e. The van der Waals surface area contributed by atoms with Crippen LogP contribution in [-0.4, -0.2) is 0 Å². The SMILES string of the molecule is C1=CC2=CC[C@H]3[C@@H]4CCC[C@H]4CC[C@@H]3[C@H]2C=C1. The van der Waals surface area contributed by atoms with Gasteiger partial charge in [-0.05, 0) is 54.9 Å². The van der Waals surface area contributed by atoms with Gasteiger partial charge in [0.25, 0.3) is 0 Å². The fourth-order valence-electron chi connectivity index (χ4n) is 5.16. The molecule has 0 heterocycles. The fourth-order valence-corrected chi connectivity index (χ4v) is 5.16. The summed E-state index contributed by atoms with van der Waals surface area (Å²) in [5.41, 5.74) is 1.62. The summed E-state index contributed by atoms with van der Waals surface area (Å²) >= 11 is 0. The lowest BCUT2D eigenvalue weighted by atomic mass is 9.59. The van der Waals surface area contributed by atoms with Crippen LogP contribution in [0, 0.1) is 29.6 Å². The first-order valence-electron chi connectivity index (χ1n) is 7.48. The first-order chi connectivity index (χ1) is 8.43. The first-order valence-corrected chi connectivity index (χ1v) is 7.48. The molecule has 0 heteroatoms. The molecule has 0 unspecified atom stereocenters. The minimum atomic E-state index is 0.764. The summed E-state index contributed by atoms with van der Waals surface area (Å²) in [4.78, 5) is 0. The van der Waals surface area contributed by atoms with Gasteiger partial charge in [-0.15, -0.1) is 0 Å². The molecule has 0 N–H and O–H groups in total. The van der Waals surface area contributed by atoms with Gasteiger partial charge in [0.2, 0.25) is 0 Å². The Bertz CT molecular complexity index is 398. The third-order valence-corrected chi connectivity index (χ3v) is 5.88. The number of hydrogen-bond acceptors (Lipinski definition) is 0. The van der Waals surface area contributed by atoms with Crippen LogP contribution in [0.2, 0.25) is 0 Å². The highest BCUT2D eigenvalue weighted by molar-refractivity contribution is 5.36. The van der Waals surface area contributed by atoms with Gasteiger partial charge >= 0.3 is 0 Å². The second-order valence-electron chi connectivity index (χ2n) is 6.47. The third-order valence-electron chi connectivity index (χ3n) is 5.88. The van der Waals surface area contributed by atoms with E-state index >= 15 is 0 Å². The second kappa shape index (κ2) is 3.86. The van der Waals surface area contributed by atoms with E-state index in [9.17, 15) is 0 Å². The van der Waals surface area contributed by atoms with Gasteiger partial charge in [0.15, 0.2) is 0 Å². The zero-order valence-corrected chi connectivity index (χ0v) is 10.5. The molecule has 4 rings (SSSR count). The maximum Gasteiger partial charge on any atom is 0.00490 e. The van der Waals surface area contributed by atoms with Crippen molar-refractivity contribution in [3.05, 3.63) is 36.0 Å². The summed E-state index contributed by atoms with van der Waals surface area (Å²) in [5.74, 6) is 4.91. The van der Waals surface area contributed by atoms with Crippen molar-refractivity contribution >= 4 is 0 Å². The summed E-state index contributed by atoms with van der Waals surface area (Å²) < 4.78 is 0. The van der Waals surface area contributed by atoms with E-state index in [1.54, 1.807) is 5.57 Å². The second-order valence-corrected chi connectivity index (χ2v) is 6.47. The molecular weight excluding hydrogens is 204 g/mol. The van der Waals surface area contributed by atoms with Crippen molar-refractivity contribution in [3.63, 3.8) is 0 Å². The smallest absolute Gasteiger partial charge is 0.00490 e. The molecule has 0 aliphatic heterocycles. The van der Waals surface area contributed by atoms with Crippen LogP contribution in [0.4, 0.5) is 0 Å². The molecule has 0 amide bonds. The predicted molar refractivity (Wildman–Crippen MR) is 71.5 cm³/mol. The Morgan fingerprint density at radius 1 is 0.882 bits per heavy atom. The van der Waals surface area contributed by atoms with Crippen LogP contribution >= 0.6 is 0 Å². The average molecular weight is 226 g/mol. The Morgan fingerprint density at radius 3 is 2.88 bits per heavy atom. The topological polar surface area (TPSA) is 0 Å². The lowest BCUT2D eigenvalue weighted by molar-refractivity contribution is 0.0868. The Labute approximate surface area is 104 Å². The number of fused-ring (bicyclic) bond motifs is 5. The van der Waals surface area contributed by atoms with Gasteiger partial charge < -0.3 is 0 Å². The van der Waals surface area contributed by atoms with Crippen molar-refractivity contribution in [3.8, 4) is 0 Å². The molecular formula is C17H22. The Balaban J connectivity index is 1.67. The molecule has 0 aromatic carbocycles. The molecule has 0 bridgehead atoms. The molecule has 0 aromatic rings. The van der Waals surface area contributed by atoms with E-state index in [-0.39, 0.29) is 0 Å². The molecule has 2 fully saturated rings. The maximum absolute atomic E-state index is 2.55. The van der Waals surface area contributed by atoms with Crippen molar-refractivity contribution in [1.82, 2.24) is 0 Å². The average Bonchev–Trinajstić information content (AvgIpc) is 2.86. The standard InChI is InChI=1S/C17H22/c1-2-6-14-12(4-1)8-10-17-15-7-3-5-13(15)9-11-16(14)17/h1-2,4,6,8,13-17H,3,5,7,9-11H2/t13-,14-,15+,16+,17-/m0/s1. The molecule has 0 aromatic heterocycles. The monoisotopic (exact) mass is 226 g/mol. The number of hydrogen-bond donors (Lipinski definition) is 0. The minimum Gasteiger partial charge on any atom is -0.0804 e. The number of rotatable bonds is 0. The van der Waals surface area contributed by atoms with Crippen molar-refractivity contribution in [2.75, 3.05) is 0 Å². The van der Waals surface area contributed by atoms with Crippen LogP contribution in [-0.2, 0) is 0 Å². The van der Waals surface area contributed by atoms with E-state index in [1.165, 1.54) is 38.5 Å². The van der Waals surface area contributed by atoms with Crippen molar-refractivity contribution in [2.45, 2.75) is 38.5 Å². The number of allylic oxidation sites excluding steroid dienone is 6. The first kappa shape index (κ1) is 10.2. The van der Waals surface area contributed by atoms with Crippen LogP contribution in [0.15, 0.2) is 36.0 Å². The molecule has 5 atom stereocenters. The van der Waals surface area contributed by atoms with Crippen LogP contribution in [0.3, 0.4) is 0 Å². The fraction of sp³-hybridized carbons (Fsp3) is 0.647. The molecule has 0 radical (unpaired) electrons. The molecule has 17 heavy (non-hydrogen) atoms. The van der Waals surface area contributed by atoms with Gasteiger partial charge in [0, 0.05) is 5.92 Å². The lowest BCUT2D eigenvalue weighted by Crippen LogP contribution is -2.38. The van der Waals surface area contributed by atoms with Crippen LogP contribution in [0.5, 0.6) is 0 Å². The van der Waals surface area contributed by atoms with E-state index in [2.05, 4.69) is 30.4 Å². The van der Waals surface area contributed by atoms with Gasteiger partial charge in [0.05, 0.1) is 0 Å². The molecule has 2 saturated carbocycles. The highest BCUT2D eigenvalue weighted by atomic mass is 14.5. The van der Waals surface area contributed by atoms with Gasteiger partial charge in [0.1, 0.15) is 0 Å². The lowest BCUT2D eigenvalue weighted by Gasteiger charge is -2.46. The Kier molecular flexibility index (Phi) is 2.31. The zero-order valence-electron chi connectivity index (χ0n) is 10.5. The van der Waals surface area contributed by atoms with E-state index in [1.807, 2.05) is 0 Å². The van der Waals surface area contributed by atoms with Gasteiger partial charge in [-0.1, -0.05) is 43.2 Å². The quantitative estimate of drug-likeness (QED) is 0.570.